The van der Waals surface area contributed by atoms with E-state index in [0.717, 1.165) is 6.42 Å². The van der Waals surface area contributed by atoms with Crippen LogP contribution in [0.2, 0.25) is 0 Å². The van der Waals surface area contributed by atoms with Crippen molar-refractivity contribution >= 4 is 5.69 Å². The van der Waals surface area contributed by atoms with Gasteiger partial charge in [-0.25, -0.2) is 0 Å². The maximum absolute atomic E-state index is 3.87. The number of hydrogen-bond donors (Lipinski definition) is 1. The molecule has 0 saturated heterocycles. The standard InChI is InChI=1S/C15H17N/c1-2-6-11-7-5-9-13-12-8-3-4-10-14(12)16-15(11)13/h2-5,8-11,13,15-16H,1,6-7H2. The number of rotatable bonds is 2. The molecule has 3 unspecified atom stereocenters. The SMILES string of the molecule is C=CCC1CC=CC2c3ccccc3NC12. The number of benzene rings is 1. The number of anilines is 1. The minimum absolute atomic E-state index is 0.565. The molecular formula is C15H17N. The highest BCUT2D eigenvalue weighted by Gasteiger charge is 2.36. The molecule has 3 atom stereocenters. The van der Waals surface area contributed by atoms with Crippen LogP contribution in [-0.4, -0.2) is 6.04 Å². The summed E-state index contributed by atoms with van der Waals surface area (Å²) in [5.41, 5.74) is 2.77. The highest BCUT2D eigenvalue weighted by atomic mass is 15.0. The van der Waals surface area contributed by atoms with Gasteiger partial charge in [-0.1, -0.05) is 36.4 Å². The van der Waals surface area contributed by atoms with Gasteiger partial charge in [-0.2, -0.15) is 0 Å². The molecule has 1 aromatic carbocycles. The van der Waals surface area contributed by atoms with Crippen LogP contribution >= 0.6 is 0 Å². The molecule has 1 aromatic rings. The summed E-state index contributed by atoms with van der Waals surface area (Å²) in [5.74, 6) is 1.26. The van der Waals surface area contributed by atoms with E-state index in [0.29, 0.717) is 17.9 Å². The first kappa shape index (κ1) is 9.71. The Kier molecular flexibility index (Phi) is 2.32. The van der Waals surface area contributed by atoms with Crippen molar-refractivity contribution in [2.45, 2.75) is 24.8 Å². The van der Waals surface area contributed by atoms with Crippen LogP contribution in [0.4, 0.5) is 5.69 Å². The summed E-state index contributed by atoms with van der Waals surface area (Å²) in [6.07, 6.45) is 9.02. The molecule has 82 valence electrons. The molecule has 0 saturated carbocycles. The molecule has 1 aliphatic heterocycles. The summed E-state index contributed by atoms with van der Waals surface area (Å²) < 4.78 is 0. The molecule has 3 rings (SSSR count). The summed E-state index contributed by atoms with van der Waals surface area (Å²) >= 11 is 0. The lowest BCUT2D eigenvalue weighted by atomic mass is 9.79. The van der Waals surface area contributed by atoms with Gasteiger partial charge in [0, 0.05) is 17.6 Å². The fourth-order valence-electron chi connectivity index (χ4n) is 3.02. The van der Waals surface area contributed by atoms with Crippen molar-refractivity contribution in [2.24, 2.45) is 5.92 Å². The van der Waals surface area contributed by atoms with Crippen molar-refractivity contribution in [3.05, 3.63) is 54.6 Å². The zero-order valence-corrected chi connectivity index (χ0v) is 9.39. The molecule has 1 nitrogen and oxygen atoms in total. The third kappa shape index (κ3) is 1.39. The second kappa shape index (κ2) is 3.82. The zero-order chi connectivity index (χ0) is 11.0. The first-order valence-corrected chi connectivity index (χ1v) is 6.03. The fourth-order valence-corrected chi connectivity index (χ4v) is 3.02. The Bertz CT molecular complexity index is 433. The lowest BCUT2D eigenvalue weighted by Gasteiger charge is -2.29. The summed E-state index contributed by atoms with van der Waals surface area (Å²) in [5, 5.41) is 3.67. The first-order chi connectivity index (χ1) is 7.90. The second-order valence-electron chi connectivity index (χ2n) is 4.73. The predicted octanol–water partition coefficient (Wildman–Crippen LogP) is 3.72. The highest BCUT2D eigenvalue weighted by Crippen LogP contribution is 2.43. The first-order valence-electron chi connectivity index (χ1n) is 6.03. The summed E-state index contributed by atoms with van der Waals surface area (Å²) in [4.78, 5) is 0. The van der Waals surface area contributed by atoms with Crippen molar-refractivity contribution in [2.75, 3.05) is 5.32 Å². The van der Waals surface area contributed by atoms with Gasteiger partial charge >= 0.3 is 0 Å². The van der Waals surface area contributed by atoms with E-state index in [4.69, 9.17) is 0 Å². The normalized spacial score (nSPS) is 30.4. The number of fused-ring (bicyclic) bond motifs is 3. The van der Waals surface area contributed by atoms with Gasteiger partial charge in [-0.3, -0.25) is 0 Å². The second-order valence-corrected chi connectivity index (χ2v) is 4.73. The van der Waals surface area contributed by atoms with Gasteiger partial charge in [0.1, 0.15) is 0 Å². The molecule has 2 aliphatic rings. The molecule has 1 N–H and O–H groups in total. The summed E-state index contributed by atoms with van der Waals surface area (Å²) in [6.45, 7) is 3.87. The van der Waals surface area contributed by atoms with Crippen LogP contribution in [0.3, 0.4) is 0 Å². The molecule has 0 aromatic heterocycles. The molecular weight excluding hydrogens is 194 g/mol. The van der Waals surface area contributed by atoms with Crippen LogP contribution in [-0.2, 0) is 0 Å². The third-order valence-electron chi connectivity index (χ3n) is 3.79. The smallest absolute Gasteiger partial charge is 0.0399 e. The quantitative estimate of drug-likeness (QED) is 0.735. The average molecular weight is 211 g/mol. The molecule has 1 heterocycles. The number of hydrogen-bond acceptors (Lipinski definition) is 1. The van der Waals surface area contributed by atoms with Crippen LogP contribution in [0, 0.1) is 5.92 Å². The van der Waals surface area contributed by atoms with E-state index in [-0.39, 0.29) is 0 Å². The van der Waals surface area contributed by atoms with Gasteiger partial charge in [0.05, 0.1) is 0 Å². The highest BCUT2D eigenvalue weighted by molar-refractivity contribution is 5.61. The van der Waals surface area contributed by atoms with Crippen LogP contribution in [0.25, 0.3) is 0 Å². The van der Waals surface area contributed by atoms with Gasteiger partial charge in [0.25, 0.3) is 0 Å². The van der Waals surface area contributed by atoms with Gasteiger partial charge in [-0.05, 0) is 30.4 Å². The van der Waals surface area contributed by atoms with Crippen LogP contribution in [0.15, 0.2) is 49.1 Å². The van der Waals surface area contributed by atoms with E-state index in [9.17, 15) is 0 Å². The number of para-hydroxylation sites is 1. The molecule has 0 spiro atoms. The van der Waals surface area contributed by atoms with Crippen LogP contribution in [0.5, 0.6) is 0 Å². The van der Waals surface area contributed by atoms with E-state index in [2.05, 4.69) is 48.3 Å². The molecule has 0 fully saturated rings. The fraction of sp³-hybridized carbons (Fsp3) is 0.333. The topological polar surface area (TPSA) is 12.0 Å². The van der Waals surface area contributed by atoms with Gasteiger partial charge < -0.3 is 5.32 Å². The Morgan fingerprint density at radius 2 is 2.25 bits per heavy atom. The van der Waals surface area contributed by atoms with Crippen molar-refractivity contribution in [1.29, 1.82) is 0 Å². The Labute approximate surface area is 96.9 Å². The van der Waals surface area contributed by atoms with Crippen molar-refractivity contribution in [3.63, 3.8) is 0 Å². The Balaban J connectivity index is 1.95. The van der Waals surface area contributed by atoms with Crippen molar-refractivity contribution in [3.8, 4) is 0 Å². The van der Waals surface area contributed by atoms with Gasteiger partial charge in [-0.15, -0.1) is 6.58 Å². The van der Waals surface area contributed by atoms with Gasteiger partial charge in [0.15, 0.2) is 0 Å². The number of nitrogens with one attached hydrogen (secondary N) is 1. The van der Waals surface area contributed by atoms with E-state index in [1.807, 2.05) is 6.08 Å². The lowest BCUT2D eigenvalue weighted by Crippen LogP contribution is -2.31. The molecule has 1 heteroatoms. The summed E-state index contributed by atoms with van der Waals surface area (Å²) in [7, 11) is 0. The maximum Gasteiger partial charge on any atom is 0.0399 e. The van der Waals surface area contributed by atoms with Crippen LogP contribution in [0.1, 0.15) is 24.3 Å². The largest absolute Gasteiger partial charge is 0.381 e. The minimum atomic E-state index is 0.565. The van der Waals surface area contributed by atoms with Crippen molar-refractivity contribution < 1.29 is 0 Å². The van der Waals surface area contributed by atoms with E-state index in [1.165, 1.54) is 17.7 Å². The average Bonchev–Trinajstić information content (AvgIpc) is 2.69. The molecule has 0 bridgehead atoms. The van der Waals surface area contributed by atoms with E-state index in [1.54, 1.807) is 0 Å². The third-order valence-corrected chi connectivity index (χ3v) is 3.79. The molecule has 16 heavy (non-hydrogen) atoms. The molecule has 0 amide bonds. The molecule has 0 radical (unpaired) electrons. The lowest BCUT2D eigenvalue weighted by molar-refractivity contribution is 0.421. The maximum atomic E-state index is 3.87. The number of allylic oxidation sites excluding steroid dienone is 2. The zero-order valence-electron chi connectivity index (χ0n) is 9.39. The van der Waals surface area contributed by atoms with E-state index < -0.39 is 0 Å². The van der Waals surface area contributed by atoms with Gasteiger partial charge in [0.2, 0.25) is 0 Å². The predicted molar refractivity (Wildman–Crippen MR) is 68.7 cm³/mol. The van der Waals surface area contributed by atoms with Crippen LogP contribution < -0.4 is 5.32 Å². The Morgan fingerprint density at radius 3 is 3.12 bits per heavy atom. The minimum Gasteiger partial charge on any atom is -0.381 e. The van der Waals surface area contributed by atoms with E-state index >= 15 is 0 Å². The Hall–Kier alpha value is -1.50. The van der Waals surface area contributed by atoms with Crippen molar-refractivity contribution in [1.82, 2.24) is 0 Å². The Morgan fingerprint density at radius 1 is 1.38 bits per heavy atom. The molecule has 1 aliphatic carbocycles. The monoisotopic (exact) mass is 211 g/mol. The summed E-state index contributed by atoms with van der Waals surface area (Å²) in [6, 6.07) is 9.24.